The van der Waals surface area contributed by atoms with Crippen LogP contribution in [0.15, 0.2) is 33.9 Å². The molecule has 0 N–H and O–H groups in total. The van der Waals surface area contributed by atoms with Crippen LogP contribution < -0.4 is 5.56 Å². The molecule has 0 radical (unpaired) electrons. The van der Waals surface area contributed by atoms with Gasteiger partial charge < -0.3 is 9.15 Å². The van der Waals surface area contributed by atoms with Gasteiger partial charge in [0, 0.05) is 6.04 Å². The number of fused-ring (bicyclic) bond motifs is 1. The molecular weight excluding hydrogens is 312 g/mol. The van der Waals surface area contributed by atoms with Gasteiger partial charge in [-0.3, -0.25) is 9.36 Å². The average Bonchev–Trinajstić information content (AvgIpc) is 3.17. The molecule has 0 atom stereocenters. The first kappa shape index (κ1) is 16.0. The summed E-state index contributed by atoms with van der Waals surface area (Å²) in [5.74, 6) is 0.0574. The Hall–Kier alpha value is -2.90. The van der Waals surface area contributed by atoms with E-state index in [-0.39, 0.29) is 30.5 Å². The number of carbonyl (C=O) groups is 1. The minimum atomic E-state index is -0.525. The van der Waals surface area contributed by atoms with E-state index >= 15 is 0 Å². The van der Waals surface area contributed by atoms with Gasteiger partial charge >= 0.3 is 5.97 Å². The highest BCUT2D eigenvalue weighted by Crippen LogP contribution is 2.13. The van der Waals surface area contributed by atoms with Gasteiger partial charge in [0.25, 0.3) is 5.56 Å². The smallest absolute Gasteiger partial charge is 0.374 e. The van der Waals surface area contributed by atoms with Crippen LogP contribution in [-0.4, -0.2) is 31.9 Å². The van der Waals surface area contributed by atoms with Crippen LogP contribution in [0.25, 0.3) is 11.0 Å². The number of carbonyl (C=O) groups excluding carboxylic acids is 1. The maximum absolute atomic E-state index is 12.5. The fourth-order valence-electron chi connectivity index (χ4n) is 2.40. The predicted octanol–water partition coefficient (Wildman–Crippen LogP) is 1.99. The molecule has 0 aliphatic carbocycles. The summed E-state index contributed by atoms with van der Waals surface area (Å²) in [5.41, 5.74) is 0.346. The minimum absolute atomic E-state index is 0.113. The van der Waals surface area contributed by atoms with Gasteiger partial charge in [-0.2, -0.15) is 5.10 Å². The van der Waals surface area contributed by atoms with Gasteiger partial charge in [0.2, 0.25) is 5.76 Å². The summed E-state index contributed by atoms with van der Waals surface area (Å²) in [6.45, 7) is 6.11. The highest BCUT2D eigenvalue weighted by molar-refractivity contribution is 5.86. The van der Waals surface area contributed by atoms with Crippen LogP contribution in [0.4, 0.5) is 0 Å². The van der Waals surface area contributed by atoms with Crippen LogP contribution in [0, 0.1) is 0 Å². The lowest BCUT2D eigenvalue weighted by Gasteiger charge is -2.07. The van der Waals surface area contributed by atoms with E-state index in [1.807, 2.05) is 13.8 Å². The van der Waals surface area contributed by atoms with Crippen LogP contribution >= 0.6 is 0 Å². The van der Waals surface area contributed by atoms with E-state index in [1.54, 1.807) is 17.7 Å². The second-order valence-corrected chi connectivity index (χ2v) is 5.58. The van der Waals surface area contributed by atoms with Gasteiger partial charge in [0.05, 0.1) is 19.3 Å². The van der Waals surface area contributed by atoms with E-state index in [2.05, 4.69) is 10.1 Å². The fraction of sp³-hybridized carbons (Fsp3) is 0.375. The van der Waals surface area contributed by atoms with E-state index in [4.69, 9.17) is 9.15 Å². The Morgan fingerprint density at radius 3 is 2.88 bits per heavy atom. The second kappa shape index (κ2) is 6.31. The maximum atomic E-state index is 12.5. The van der Waals surface area contributed by atoms with E-state index in [1.165, 1.54) is 23.2 Å². The minimum Gasteiger partial charge on any atom is -0.460 e. The second-order valence-electron chi connectivity index (χ2n) is 5.58. The SMILES string of the molecule is CCOC(=O)c1ccc(Cn2cnc3c(cnn3C(C)C)c2=O)o1. The summed E-state index contributed by atoms with van der Waals surface area (Å²) in [6, 6.07) is 3.28. The molecule has 0 aromatic carbocycles. The molecule has 3 rings (SSSR count). The standard InChI is InChI=1S/C16H18N4O4/c1-4-23-16(22)13-6-5-11(24-13)8-19-9-17-14-12(15(19)21)7-18-20(14)10(2)3/h5-7,9-10H,4,8H2,1-3H3. The lowest BCUT2D eigenvalue weighted by molar-refractivity contribution is 0.0488. The summed E-state index contributed by atoms with van der Waals surface area (Å²) in [6.07, 6.45) is 2.98. The number of aromatic nitrogens is 4. The van der Waals surface area contributed by atoms with Crippen LogP contribution in [0.2, 0.25) is 0 Å². The van der Waals surface area contributed by atoms with Crippen molar-refractivity contribution in [3.8, 4) is 0 Å². The molecule has 0 fully saturated rings. The quantitative estimate of drug-likeness (QED) is 0.664. The zero-order valence-electron chi connectivity index (χ0n) is 13.7. The Labute approximate surface area is 137 Å². The van der Waals surface area contributed by atoms with Gasteiger partial charge in [-0.1, -0.05) is 0 Å². The van der Waals surface area contributed by atoms with Crippen molar-refractivity contribution in [1.82, 2.24) is 19.3 Å². The van der Waals surface area contributed by atoms with Crippen molar-refractivity contribution in [3.05, 3.63) is 46.5 Å². The first-order valence-electron chi connectivity index (χ1n) is 7.69. The third-order valence-electron chi connectivity index (χ3n) is 3.53. The Balaban J connectivity index is 1.90. The molecule has 3 aromatic rings. The van der Waals surface area contributed by atoms with Crippen molar-refractivity contribution in [3.63, 3.8) is 0 Å². The van der Waals surface area contributed by atoms with Gasteiger partial charge in [0.15, 0.2) is 5.65 Å². The largest absolute Gasteiger partial charge is 0.460 e. The number of nitrogens with zero attached hydrogens (tertiary/aromatic N) is 4. The molecule has 24 heavy (non-hydrogen) atoms. The molecule has 0 saturated heterocycles. The molecule has 0 unspecified atom stereocenters. The molecule has 126 valence electrons. The molecule has 0 bridgehead atoms. The first-order chi connectivity index (χ1) is 11.5. The van der Waals surface area contributed by atoms with Crippen molar-refractivity contribution in [2.24, 2.45) is 0 Å². The topological polar surface area (TPSA) is 92.2 Å². The van der Waals surface area contributed by atoms with Crippen molar-refractivity contribution < 1.29 is 13.9 Å². The van der Waals surface area contributed by atoms with Crippen LogP contribution in [0.5, 0.6) is 0 Å². The normalized spacial score (nSPS) is 11.3. The Kier molecular flexibility index (Phi) is 4.20. The van der Waals surface area contributed by atoms with E-state index < -0.39 is 5.97 Å². The molecule has 3 aromatic heterocycles. The van der Waals surface area contributed by atoms with Gasteiger partial charge in [-0.05, 0) is 32.9 Å². The summed E-state index contributed by atoms with van der Waals surface area (Å²) in [7, 11) is 0. The van der Waals surface area contributed by atoms with Crippen LogP contribution in [-0.2, 0) is 11.3 Å². The molecule has 0 saturated carbocycles. The lowest BCUT2D eigenvalue weighted by atomic mass is 10.3. The first-order valence-corrected chi connectivity index (χ1v) is 7.69. The summed E-state index contributed by atoms with van der Waals surface area (Å²) >= 11 is 0. The molecule has 3 heterocycles. The molecule has 0 amide bonds. The number of hydrogen-bond acceptors (Lipinski definition) is 6. The predicted molar refractivity (Wildman–Crippen MR) is 85.9 cm³/mol. The Morgan fingerprint density at radius 2 is 2.17 bits per heavy atom. The van der Waals surface area contributed by atoms with Crippen LogP contribution in [0.1, 0.15) is 43.1 Å². The lowest BCUT2D eigenvalue weighted by Crippen LogP contribution is -2.21. The van der Waals surface area contributed by atoms with Crippen molar-refractivity contribution in [1.29, 1.82) is 0 Å². The van der Waals surface area contributed by atoms with E-state index in [9.17, 15) is 9.59 Å². The third kappa shape index (κ3) is 2.82. The molecular formula is C16H18N4O4. The zero-order valence-corrected chi connectivity index (χ0v) is 13.7. The number of rotatable bonds is 5. The molecule has 0 aliphatic rings. The third-order valence-corrected chi connectivity index (χ3v) is 3.53. The highest BCUT2D eigenvalue weighted by Gasteiger charge is 2.15. The number of furan rings is 1. The fourth-order valence-corrected chi connectivity index (χ4v) is 2.40. The molecule has 8 heteroatoms. The van der Waals surface area contributed by atoms with Crippen molar-refractivity contribution >= 4 is 17.0 Å². The van der Waals surface area contributed by atoms with E-state index in [0.717, 1.165) is 0 Å². The van der Waals surface area contributed by atoms with Gasteiger partial charge in [-0.15, -0.1) is 0 Å². The average molecular weight is 330 g/mol. The Morgan fingerprint density at radius 1 is 1.38 bits per heavy atom. The van der Waals surface area contributed by atoms with Crippen molar-refractivity contribution in [2.45, 2.75) is 33.4 Å². The summed E-state index contributed by atoms with van der Waals surface area (Å²) in [4.78, 5) is 28.5. The molecule has 0 spiro atoms. The van der Waals surface area contributed by atoms with Crippen molar-refractivity contribution in [2.75, 3.05) is 6.61 Å². The maximum Gasteiger partial charge on any atom is 0.374 e. The van der Waals surface area contributed by atoms with Crippen LogP contribution in [0.3, 0.4) is 0 Å². The zero-order chi connectivity index (χ0) is 17.3. The van der Waals surface area contributed by atoms with Gasteiger partial charge in [0.1, 0.15) is 17.5 Å². The number of esters is 1. The summed E-state index contributed by atoms with van der Waals surface area (Å²) in [5, 5.41) is 4.66. The monoisotopic (exact) mass is 330 g/mol. The molecule has 8 nitrogen and oxygen atoms in total. The number of hydrogen-bond donors (Lipinski definition) is 0. The summed E-state index contributed by atoms with van der Waals surface area (Å²) < 4.78 is 13.4. The number of ether oxygens (including phenoxy) is 1. The Bertz CT molecular complexity index is 935. The highest BCUT2D eigenvalue weighted by atomic mass is 16.5. The molecule has 0 aliphatic heterocycles. The van der Waals surface area contributed by atoms with E-state index in [0.29, 0.717) is 16.8 Å². The van der Waals surface area contributed by atoms with Gasteiger partial charge in [-0.25, -0.2) is 14.5 Å².